The Hall–Kier alpha value is -3.44. The number of anilines is 3. The average molecular weight is 494 g/mol. The molecule has 2 N–H and O–H groups in total. The maximum Gasteiger partial charge on any atom is 0.417 e. The van der Waals surface area contributed by atoms with Gasteiger partial charge in [-0.25, -0.2) is 5.43 Å². The standard InChI is InChI=1S/C22H22F3N7O.ClH/c23-22(24,25)18-9-5-4-8-17(18)15-27-31-20-28-19(26-14-16-6-2-1-3-7-16)29-21(30-20)32-10-12-33-13-11-32;/h1-9,15H,10-14H2,(H2,26,28,29,30,31);1H/b27-15+;. The van der Waals surface area contributed by atoms with E-state index in [1.807, 2.05) is 35.2 Å². The van der Waals surface area contributed by atoms with Gasteiger partial charge in [0.05, 0.1) is 25.0 Å². The van der Waals surface area contributed by atoms with Gasteiger partial charge in [0.2, 0.25) is 17.8 Å². The van der Waals surface area contributed by atoms with Gasteiger partial charge in [-0.3, -0.25) is 0 Å². The Labute approximate surface area is 200 Å². The number of morpholine rings is 1. The molecule has 0 unspecified atom stereocenters. The van der Waals surface area contributed by atoms with Crippen LogP contribution in [0.3, 0.4) is 0 Å². The Morgan fingerprint density at radius 3 is 2.35 bits per heavy atom. The van der Waals surface area contributed by atoms with Crippen molar-refractivity contribution in [1.82, 2.24) is 15.0 Å². The molecule has 4 rings (SSSR count). The van der Waals surface area contributed by atoms with Crippen molar-refractivity contribution in [2.24, 2.45) is 5.10 Å². The number of halogens is 4. The summed E-state index contributed by atoms with van der Waals surface area (Å²) in [4.78, 5) is 15.1. The summed E-state index contributed by atoms with van der Waals surface area (Å²) < 4.78 is 45.0. The predicted molar refractivity (Wildman–Crippen MR) is 127 cm³/mol. The molecule has 2 heterocycles. The Balaban J connectivity index is 0.00000324. The van der Waals surface area contributed by atoms with E-state index in [4.69, 9.17) is 4.74 Å². The van der Waals surface area contributed by atoms with Crippen LogP contribution in [-0.2, 0) is 17.5 Å². The lowest BCUT2D eigenvalue weighted by Crippen LogP contribution is -2.37. The molecule has 1 fully saturated rings. The van der Waals surface area contributed by atoms with E-state index in [1.54, 1.807) is 0 Å². The second-order valence-corrected chi connectivity index (χ2v) is 7.18. The monoisotopic (exact) mass is 493 g/mol. The molecule has 0 radical (unpaired) electrons. The molecule has 0 saturated carbocycles. The summed E-state index contributed by atoms with van der Waals surface area (Å²) in [5, 5.41) is 7.09. The normalized spacial score (nSPS) is 14.0. The van der Waals surface area contributed by atoms with Gasteiger partial charge in [-0.05, 0) is 11.6 Å². The molecule has 1 aliphatic heterocycles. The zero-order chi connectivity index (χ0) is 23.1. The summed E-state index contributed by atoms with van der Waals surface area (Å²) in [5.41, 5.74) is 2.84. The van der Waals surface area contributed by atoms with Gasteiger partial charge < -0.3 is 15.0 Å². The van der Waals surface area contributed by atoms with Crippen LogP contribution in [0.1, 0.15) is 16.7 Å². The summed E-state index contributed by atoms with van der Waals surface area (Å²) in [6, 6.07) is 14.9. The van der Waals surface area contributed by atoms with Crippen LogP contribution < -0.4 is 15.6 Å². The number of nitrogens with zero attached hydrogens (tertiary/aromatic N) is 5. The highest BCUT2D eigenvalue weighted by Gasteiger charge is 2.32. The van der Waals surface area contributed by atoms with Crippen LogP contribution in [0.4, 0.5) is 31.0 Å². The zero-order valence-electron chi connectivity index (χ0n) is 18.0. The van der Waals surface area contributed by atoms with Gasteiger partial charge >= 0.3 is 6.18 Å². The smallest absolute Gasteiger partial charge is 0.378 e. The SMILES string of the molecule is Cl.FC(F)(F)c1ccccc1/C=N/Nc1nc(NCc2ccccc2)nc(N2CCOCC2)n1. The molecular weight excluding hydrogens is 471 g/mol. The number of nitrogens with one attached hydrogen (secondary N) is 2. The van der Waals surface area contributed by atoms with Crippen LogP contribution in [0.15, 0.2) is 59.7 Å². The highest BCUT2D eigenvalue weighted by atomic mass is 35.5. The van der Waals surface area contributed by atoms with E-state index >= 15 is 0 Å². The van der Waals surface area contributed by atoms with Crippen molar-refractivity contribution in [3.63, 3.8) is 0 Å². The van der Waals surface area contributed by atoms with Crippen molar-refractivity contribution in [2.75, 3.05) is 41.9 Å². The average Bonchev–Trinajstić information content (AvgIpc) is 2.83. The third-order valence-corrected chi connectivity index (χ3v) is 4.85. The molecular formula is C22H23ClF3N7O. The third kappa shape index (κ3) is 6.78. The molecule has 0 aliphatic carbocycles. The quantitative estimate of drug-likeness (QED) is 0.376. The topological polar surface area (TPSA) is 87.6 Å². The number of hydrogen-bond donors (Lipinski definition) is 2. The molecule has 1 aliphatic rings. The lowest BCUT2D eigenvalue weighted by Gasteiger charge is -2.27. The molecule has 2 aromatic carbocycles. The maximum absolute atomic E-state index is 13.2. The minimum atomic E-state index is -4.48. The number of alkyl halides is 3. The molecule has 0 bridgehead atoms. The number of hydrogen-bond acceptors (Lipinski definition) is 8. The number of hydrazone groups is 1. The largest absolute Gasteiger partial charge is 0.417 e. The van der Waals surface area contributed by atoms with Crippen LogP contribution >= 0.6 is 12.4 Å². The van der Waals surface area contributed by atoms with E-state index in [1.165, 1.54) is 18.2 Å². The first-order valence-corrected chi connectivity index (χ1v) is 10.3. The van der Waals surface area contributed by atoms with Crippen molar-refractivity contribution < 1.29 is 17.9 Å². The minimum Gasteiger partial charge on any atom is -0.378 e. The summed E-state index contributed by atoms with van der Waals surface area (Å²) >= 11 is 0. The van der Waals surface area contributed by atoms with Gasteiger partial charge in [0.15, 0.2) is 0 Å². The van der Waals surface area contributed by atoms with Crippen LogP contribution in [0.25, 0.3) is 0 Å². The zero-order valence-corrected chi connectivity index (χ0v) is 18.8. The van der Waals surface area contributed by atoms with E-state index in [0.29, 0.717) is 44.7 Å². The molecule has 180 valence electrons. The molecule has 0 spiro atoms. The molecule has 1 saturated heterocycles. The van der Waals surface area contributed by atoms with Gasteiger partial charge in [0.1, 0.15) is 0 Å². The fraction of sp³-hybridized carbons (Fsp3) is 0.273. The molecule has 34 heavy (non-hydrogen) atoms. The van der Waals surface area contributed by atoms with Crippen LogP contribution in [-0.4, -0.2) is 47.5 Å². The van der Waals surface area contributed by atoms with Crippen LogP contribution in [0.2, 0.25) is 0 Å². The summed E-state index contributed by atoms with van der Waals surface area (Å²) in [6.07, 6.45) is -3.38. The Bertz CT molecular complexity index is 1090. The van der Waals surface area contributed by atoms with E-state index < -0.39 is 11.7 Å². The second-order valence-electron chi connectivity index (χ2n) is 7.18. The molecule has 3 aromatic rings. The lowest BCUT2D eigenvalue weighted by atomic mass is 10.1. The molecule has 8 nitrogen and oxygen atoms in total. The van der Waals surface area contributed by atoms with Crippen molar-refractivity contribution in [1.29, 1.82) is 0 Å². The maximum atomic E-state index is 13.2. The first-order chi connectivity index (χ1) is 16.0. The van der Waals surface area contributed by atoms with Gasteiger partial charge in [-0.2, -0.15) is 33.2 Å². The molecule has 1 aromatic heterocycles. The second kappa shape index (κ2) is 11.6. The van der Waals surface area contributed by atoms with Gasteiger partial charge in [0.25, 0.3) is 0 Å². The van der Waals surface area contributed by atoms with Crippen molar-refractivity contribution in [2.45, 2.75) is 12.7 Å². The summed E-state index contributed by atoms with van der Waals surface area (Å²) in [5.74, 6) is 0.865. The third-order valence-electron chi connectivity index (χ3n) is 4.85. The summed E-state index contributed by atoms with van der Waals surface area (Å²) in [7, 11) is 0. The van der Waals surface area contributed by atoms with Crippen molar-refractivity contribution in [3.05, 3.63) is 71.3 Å². The fourth-order valence-electron chi connectivity index (χ4n) is 3.20. The highest BCUT2D eigenvalue weighted by molar-refractivity contribution is 5.85. The fourth-order valence-corrected chi connectivity index (χ4v) is 3.20. The van der Waals surface area contributed by atoms with E-state index in [9.17, 15) is 13.2 Å². The number of benzene rings is 2. The van der Waals surface area contributed by atoms with E-state index in [0.717, 1.165) is 17.8 Å². The molecule has 0 amide bonds. The first kappa shape index (κ1) is 25.2. The number of rotatable bonds is 7. The Kier molecular flexibility index (Phi) is 8.61. The number of aromatic nitrogens is 3. The van der Waals surface area contributed by atoms with Crippen LogP contribution in [0.5, 0.6) is 0 Å². The Morgan fingerprint density at radius 2 is 1.62 bits per heavy atom. The van der Waals surface area contributed by atoms with Gasteiger partial charge in [-0.15, -0.1) is 12.4 Å². The van der Waals surface area contributed by atoms with Gasteiger partial charge in [-0.1, -0.05) is 48.5 Å². The van der Waals surface area contributed by atoms with Crippen molar-refractivity contribution >= 4 is 36.5 Å². The van der Waals surface area contributed by atoms with Crippen molar-refractivity contribution in [3.8, 4) is 0 Å². The first-order valence-electron chi connectivity index (χ1n) is 10.3. The van der Waals surface area contributed by atoms with Gasteiger partial charge in [0, 0.05) is 25.2 Å². The summed E-state index contributed by atoms with van der Waals surface area (Å²) in [6.45, 7) is 2.82. The Morgan fingerprint density at radius 1 is 0.941 bits per heavy atom. The highest BCUT2D eigenvalue weighted by Crippen LogP contribution is 2.31. The number of ether oxygens (including phenoxy) is 1. The van der Waals surface area contributed by atoms with E-state index in [-0.39, 0.29) is 23.9 Å². The lowest BCUT2D eigenvalue weighted by molar-refractivity contribution is -0.137. The molecule has 0 atom stereocenters. The predicted octanol–water partition coefficient (Wildman–Crippen LogP) is 4.21. The van der Waals surface area contributed by atoms with E-state index in [2.05, 4.69) is 30.8 Å². The molecule has 12 heteroatoms. The minimum absolute atomic E-state index is 0. The van der Waals surface area contributed by atoms with Crippen LogP contribution in [0, 0.1) is 0 Å².